The zero-order valence-electron chi connectivity index (χ0n) is 22.9. The van der Waals surface area contributed by atoms with Crippen molar-refractivity contribution in [3.63, 3.8) is 0 Å². The molecule has 1 rings (SSSR count). The van der Waals surface area contributed by atoms with Crippen LogP contribution in [0.1, 0.15) is 70.3 Å². The highest BCUT2D eigenvalue weighted by molar-refractivity contribution is 5.70. The van der Waals surface area contributed by atoms with Gasteiger partial charge in [0.25, 0.3) is 0 Å². The van der Waals surface area contributed by atoms with Crippen molar-refractivity contribution >= 4 is 6.09 Å². The Morgan fingerprint density at radius 2 is 1.24 bits per heavy atom. The molecule has 0 atom stereocenters. The third kappa shape index (κ3) is 16.1. The molecule has 0 aliphatic rings. The molecule has 1 aromatic carbocycles. The highest BCUT2D eigenvalue weighted by Crippen LogP contribution is 2.23. The number of carbonyl (C=O) groups is 1. The van der Waals surface area contributed by atoms with Gasteiger partial charge < -0.3 is 52.6 Å². The van der Waals surface area contributed by atoms with Gasteiger partial charge in [0.15, 0.2) is 0 Å². The highest BCUT2D eigenvalue weighted by atomic mass is 79.9. The molecule has 34 heavy (non-hydrogen) atoms. The van der Waals surface area contributed by atoms with Crippen molar-refractivity contribution < 1.29 is 52.5 Å². The van der Waals surface area contributed by atoms with Gasteiger partial charge >= 0.3 is 6.09 Å². The number of unbranched alkanes of at least 4 members (excludes halogenated alkanes) is 7. The van der Waals surface area contributed by atoms with Crippen molar-refractivity contribution in [1.29, 1.82) is 0 Å². The summed E-state index contributed by atoms with van der Waals surface area (Å²) >= 11 is 0. The van der Waals surface area contributed by atoms with Gasteiger partial charge in [0.2, 0.25) is 0 Å². The largest absolute Gasteiger partial charge is 1.00 e. The fourth-order valence-electron chi connectivity index (χ4n) is 4.32. The molecule has 0 saturated carbocycles. The number of hydrogen-bond donors (Lipinski definition) is 0. The minimum atomic E-state index is -0.327. The van der Waals surface area contributed by atoms with Crippen molar-refractivity contribution in [3.05, 3.63) is 29.8 Å². The van der Waals surface area contributed by atoms with E-state index < -0.39 is 0 Å². The molecule has 7 heteroatoms. The minimum Gasteiger partial charge on any atom is -1.00 e. The second-order valence-electron chi connectivity index (χ2n) is 10.9. The maximum absolute atomic E-state index is 12.0. The zero-order chi connectivity index (χ0) is 24.0. The van der Waals surface area contributed by atoms with Crippen LogP contribution < -0.4 is 38.7 Å². The second-order valence-corrected chi connectivity index (χ2v) is 10.9. The number of halogens is 2. The first kappa shape index (κ1) is 35.5. The number of para-hydroxylation sites is 1. The summed E-state index contributed by atoms with van der Waals surface area (Å²) in [5.74, 6) is 0.675. The summed E-state index contributed by atoms with van der Waals surface area (Å²) in [6.45, 7) is 6.89. The van der Waals surface area contributed by atoms with Crippen LogP contribution in [0, 0.1) is 0 Å². The first-order chi connectivity index (χ1) is 15.1. The summed E-state index contributed by atoms with van der Waals surface area (Å²) in [7, 11) is 12.7. The van der Waals surface area contributed by atoms with Gasteiger partial charge in [-0.2, -0.15) is 0 Å². The SMILES string of the molecule is CCC[N+](C)(C)CCCCCCCCCC[N+](C)(C)Cc1ccccc1OC(=O)N(C)C.[Br-].[Br-]. The maximum Gasteiger partial charge on any atom is 0.414 e. The predicted molar refractivity (Wildman–Crippen MR) is 136 cm³/mol. The molecule has 0 aliphatic heterocycles. The van der Waals surface area contributed by atoms with Crippen LogP contribution in [0.2, 0.25) is 0 Å². The van der Waals surface area contributed by atoms with Crippen molar-refractivity contribution in [1.82, 2.24) is 4.90 Å². The lowest BCUT2D eigenvalue weighted by Crippen LogP contribution is -3.00. The molecule has 200 valence electrons. The van der Waals surface area contributed by atoms with Gasteiger partial charge in [-0.25, -0.2) is 4.79 Å². The lowest BCUT2D eigenvalue weighted by atomic mass is 10.1. The summed E-state index contributed by atoms with van der Waals surface area (Å²) in [5.41, 5.74) is 1.09. The van der Waals surface area contributed by atoms with Crippen LogP contribution in [0.25, 0.3) is 0 Å². The van der Waals surface area contributed by atoms with Crippen LogP contribution in [0.3, 0.4) is 0 Å². The Bertz CT molecular complexity index is 667. The average molecular weight is 610 g/mol. The number of quaternary nitrogens is 2. The first-order valence-corrected chi connectivity index (χ1v) is 12.7. The Morgan fingerprint density at radius 1 is 0.765 bits per heavy atom. The van der Waals surface area contributed by atoms with Gasteiger partial charge in [0.05, 0.1) is 47.8 Å². The van der Waals surface area contributed by atoms with Crippen LogP contribution in [0.5, 0.6) is 5.75 Å². The Balaban J connectivity index is 0. The molecule has 0 N–H and O–H groups in total. The number of benzene rings is 1. The van der Waals surface area contributed by atoms with Gasteiger partial charge in [0.1, 0.15) is 12.3 Å². The first-order valence-electron chi connectivity index (χ1n) is 12.7. The molecule has 0 spiro atoms. The van der Waals surface area contributed by atoms with Crippen LogP contribution in [-0.4, -0.2) is 81.9 Å². The highest BCUT2D eigenvalue weighted by Gasteiger charge is 2.19. The van der Waals surface area contributed by atoms with Crippen LogP contribution in [0.15, 0.2) is 24.3 Å². The van der Waals surface area contributed by atoms with Gasteiger partial charge in [-0.05, 0) is 44.2 Å². The molecular formula is C27H51Br2N3O2. The minimum absolute atomic E-state index is 0. The molecule has 0 heterocycles. The topological polar surface area (TPSA) is 29.5 Å². The van der Waals surface area contributed by atoms with E-state index in [1.807, 2.05) is 18.2 Å². The van der Waals surface area contributed by atoms with Crippen LogP contribution in [-0.2, 0) is 6.54 Å². The van der Waals surface area contributed by atoms with E-state index in [1.165, 1.54) is 80.3 Å². The predicted octanol–water partition coefficient (Wildman–Crippen LogP) is -0.0614. The van der Waals surface area contributed by atoms with Gasteiger partial charge in [-0.1, -0.05) is 44.7 Å². The number of nitrogens with zero attached hydrogens (tertiary/aromatic N) is 3. The fraction of sp³-hybridized carbons (Fsp3) is 0.741. The van der Waals surface area contributed by atoms with E-state index >= 15 is 0 Å². The lowest BCUT2D eigenvalue weighted by Gasteiger charge is -2.30. The van der Waals surface area contributed by atoms with E-state index in [1.54, 1.807) is 14.1 Å². The molecule has 5 nitrogen and oxygen atoms in total. The molecule has 0 bridgehead atoms. The Morgan fingerprint density at radius 3 is 1.74 bits per heavy atom. The quantitative estimate of drug-likeness (QED) is 0.194. The summed E-state index contributed by atoms with van der Waals surface area (Å²) in [6.07, 6.45) is 11.7. The number of hydrogen-bond acceptors (Lipinski definition) is 2. The average Bonchev–Trinajstić information content (AvgIpc) is 2.70. The van der Waals surface area contributed by atoms with Crippen LogP contribution >= 0.6 is 0 Å². The number of rotatable bonds is 16. The van der Waals surface area contributed by atoms with E-state index in [0.29, 0.717) is 5.75 Å². The van der Waals surface area contributed by atoms with Gasteiger partial charge in [-0.3, -0.25) is 0 Å². The fourth-order valence-corrected chi connectivity index (χ4v) is 4.32. The summed E-state index contributed by atoms with van der Waals surface area (Å²) in [4.78, 5) is 13.4. The van der Waals surface area contributed by atoms with Crippen LogP contribution in [0.4, 0.5) is 4.79 Å². The Hall–Kier alpha value is -0.630. The molecule has 0 aliphatic carbocycles. The molecule has 0 fully saturated rings. The standard InChI is InChI=1S/C27H51N3O2.2BrH/c1-8-21-29(4,5)22-17-13-11-9-10-12-14-18-23-30(6,7)24-25-19-15-16-20-26(25)32-27(31)28(2)3;;/h15-16,19-20H,8-14,17-18,21-24H2,1-7H3;2*1H/q+2;;/p-2. The van der Waals surface area contributed by atoms with Crippen molar-refractivity contribution in [3.8, 4) is 5.75 Å². The van der Waals surface area contributed by atoms with E-state index in [9.17, 15) is 4.79 Å². The van der Waals surface area contributed by atoms with Crippen molar-refractivity contribution in [2.24, 2.45) is 0 Å². The van der Waals surface area contributed by atoms with E-state index in [0.717, 1.165) is 23.1 Å². The Labute approximate surface area is 231 Å². The third-order valence-electron chi connectivity index (χ3n) is 6.24. The second kappa shape index (κ2) is 18.6. The summed E-state index contributed by atoms with van der Waals surface area (Å²) < 4.78 is 7.64. The monoisotopic (exact) mass is 607 g/mol. The van der Waals surface area contributed by atoms with Gasteiger partial charge in [-0.15, -0.1) is 0 Å². The van der Waals surface area contributed by atoms with Gasteiger partial charge in [0, 0.05) is 19.7 Å². The molecule has 1 aromatic rings. The summed E-state index contributed by atoms with van der Waals surface area (Å²) in [5, 5.41) is 0. The third-order valence-corrected chi connectivity index (χ3v) is 6.24. The molecular weight excluding hydrogens is 558 g/mol. The maximum atomic E-state index is 12.0. The zero-order valence-corrected chi connectivity index (χ0v) is 26.1. The molecule has 0 saturated heterocycles. The molecule has 0 unspecified atom stereocenters. The Kier molecular flexibility index (Phi) is 19.5. The van der Waals surface area contributed by atoms with E-state index in [4.69, 9.17) is 4.74 Å². The summed E-state index contributed by atoms with van der Waals surface area (Å²) in [6, 6.07) is 7.90. The lowest BCUT2D eigenvalue weighted by molar-refractivity contribution is -0.903. The van der Waals surface area contributed by atoms with E-state index in [2.05, 4.69) is 41.2 Å². The molecule has 0 aromatic heterocycles. The van der Waals surface area contributed by atoms with E-state index in [-0.39, 0.29) is 40.1 Å². The number of carbonyl (C=O) groups excluding carboxylic acids is 1. The van der Waals surface area contributed by atoms with Crippen molar-refractivity contribution in [2.45, 2.75) is 71.3 Å². The smallest absolute Gasteiger partial charge is 0.414 e. The number of amides is 1. The molecule has 0 radical (unpaired) electrons. The normalized spacial score (nSPS) is 11.4. The van der Waals surface area contributed by atoms with Crippen molar-refractivity contribution in [2.75, 3.05) is 61.9 Å². The number of ether oxygens (including phenoxy) is 1. The molecule has 1 amide bonds.